The molecule has 0 aromatic heterocycles. The summed E-state index contributed by atoms with van der Waals surface area (Å²) < 4.78 is 33.3. The van der Waals surface area contributed by atoms with Gasteiger partial charge >= 0.3 is 0 Å². The van der Waals surface area contributed by atoms with E-state index in [2.05, 4.69) is 10.0 Å². The lowest BCUT2D eigenvalue weighted by Crippen LogP contribution is -2.37. The Balaban J connectivity index is 1.53. The lowest BCUT2D eigenvalue weighted by molar-refractivity contribution is -0.126. The minimum absolute atomic E-state index is 0.00682. The molecule has 1 aromatic rings. The second-order valence-electron chi connectivity index (χ2n) is 8.59. The first-order valence-electron chi connectivity index (χ1n) is 10.9. The maximum Gasteiger partial charge on any atom is 0.240 e. The van der Waals surface area contributed by atoms with Gasteiger partial charge in [-0.15, -0.1) is 0 Å². The van der Waals surface area contributed by atoms with Crippen molar-refractivity contribution in [1.82, 2.24) is 10.0 Å². The van der Waals surface area contributed by atoms with Gasteiger partial charge < -0.3 is 15.0 Å². The van der Waals surface area contributed by atoms with Gasteiger partial charge in [0.05, 0.1) is 11.5 Å². The van der Waals surface area contributed by atoms with Gasteiger partial charge in [-0.25, -0.2) is 13.1 Å². The standard InChI is InChI=1S/C22H33N3O5S/c1-15-12-19-13-20(8-9-21(19)25(15)16(2)26)31(28,29)24-14-17-4-6-18(7-5-17)22(27)23-10-11-30-3/h8-9,13,15,17-18,24H,4-7,10-12,14H2,1-3H3,(H,23,27)/t15-,17?,18?/m0/s1. The molecule has 2 aliphatic rings. The highest BCUT2D eigenvalue weighted by Gasteiger charge is 2.31. The largest absolute Gasteiger partial charge is 0.383 e. The van der Waals surface area contributed by atoms with Crippen LogP contribution in [0.5, 0.6) is 0 Å². The van der Waals surface area contributed by atoms with Crippen LogP contribution in [0.25, 0.3) is 0 Å². The molecule has 1 aliphatic heterocycles. The molecule has 1 fully saturated rings. The zero-order chi connectivity index (χ0) is 22.6. The van der Waals surface area contributed by atoms with Gasteiger partial charge in [-0.2, -0.15) is 0 Å². The molecule has 2 N–H and O–H groups in total. The Bertz CT molecular complexity index is 910. The fourth-order valence-electron chi connectivity index (χ4n) is 4.61. The third-order valence-electron chi connectivity index (χ3n) is 6.30. The first-order chi connectivity index (χ1) is 14.7. The summed E-state index contributed by atoms with van der Waals surface area (Å²) in [6.45, 7) is 4.86. The van der Waals surface area contributed by atoms with Crippen LogP contribution in [0.15, 0.2) is 23.1 Å². The van der Waals surface area contributed by atoms with Gasteiger partial charge in [0.2, 0.25) is 21.8 Å². The third kappa shape index (κ3) is 5.64. The van der Waals surface area contributed by atoms with E-state index in [0.29, 0.717) is 26.1 Å². The Morgan fingerprint density at radius 3 is 2.55 bits per heavy atom. The number of amides is 2. The topological polar surface area (TPSA) is 105 Å². The molecule has 9 heteroatoms. The predicted molar refractivity (Wildman–Crippen MR) is 118 cm³/mol. The SMILES string of the molecule is COCCNC(=O)C1CCC(CNS(=O)(=O)c2ccc3c(c2)C[C@H](C)N3C(C)=O)CC1. The molecule has 0 spiro atoms. The fourth-order valence-corrected chi connectivity index (χ4v) is 5.78. The number of hydrogen-bond donors (Lipinski definition) is 2. The number of nitrogens with zero attached hydrogens (tertiary/aromatic N) is 1. The smallest absolute Gasteiger partial charge is 0.240 e. The van der Waals surface area contributed by atoms with Gasteiger partial charge in [0.15, 0.2) is 0 Å². The average Bonchev–Trinajstić information content (AvgIpc) is 3.08. The van der Waals surface area contributed by atoms with Crippen molar-refractivity contribution in [2.24, 2.45) is 11.8 Å². The van der Waals surface area contributed by atoms with E-state index in [0.717, 1.165) is 36.9 Å². The molecule has 1 aromatic carbocycles. The number of hydrogen-bond acceptors (Lipinski definition) is 5. The quantitative estimate of drug-likeness (QED) is 0.587. The number of carbonyl (C=O) groups is 2. The van der Waals surface area contributed by atoms with E-state index in [-0.39, 0.29) is 34.6 Å². The van der Waals surface area contributed by atoms with Gasteiger partial charge in [-0.05, 0) is 68.7 Å². The van der Waals surface area contributed by atoms with Gasteiger partial charge in [0, 0.05) is 44.8 Å². The van der Waals surface area contributed by atoms with Gasteiger partial charge in [0.1, 0.15) is 0 Å². The van der Waals surface area contributed by atoms with E-state index < -0.39 is 10.0 Å². The summed E-state index contributed by atoms with van der Waals surface area (Å²) in [5, 5.41) is 2.88. The molecule has 0 saturated heterocycles. The second-order valence-corrected chi connectivity index (χ2v) is 10.4. The summed E-state index contributed by atoms with van der Waals surface area (Å²) in [5.74, 6) is 0.235. The van der Waals surface area contributed by atoms with Crippen molar-refractivity contribution in [1.29, 1.82) is 0 Å². The molecule has 2 amide bonds. The number of nitrogens with one attached hydrogen (secondary N) is 2. The monoisotopic (exact) mass is 451 g/mol. The first kappa shape index (κ1) is 23.7. The lowest BCUT2D eigenvalue weighted by atomic mass is 9.81. The normalized spacial score (nSPS) is 23.5. The van der Waals surface area contributed by atoms with E-state index in [1.807, 2.05) is 6.92 Å². The van der Waals surface area contributed by atoms with Crippen LogP contribution in [0.3, 0.4) is 0 Å². The fraction of sp³-hybridized carbons (Fsp3) is 0.636. The molecule has 31 heavy (non-hydrogen) atoms. The molecule has 172 valence electrons. The van der Waals surface area contributed by atoms with Crippen LogP contribution in [-0.4, -0.2) is 53.1 Å². The van der Waals surface area contributed by atoms with E-state index in [9.17, 15) is 18.0 Å². The summed E-state index contributed by atoms with van der Waals surface area (Å²) in [4.78, 5) is 26.0. The molecule has 1 heterocycles. The van der Waals surface area contributed by atoms with Crippen LogP contribution >= 0.6 is 0 Å². The highest BCUT2D eigenvalue weighted by atomic mass is 32.2. The lowest BCUT2D eigenvalue weighted by Gasteiger charge is -2.27. The minimum Gasteiger partial charge on any atom is -0.383 e. The molecule has 8 nitrogen and oxygen atoms in total. The first-order valence-corrected chi connectivity index (χ1v) is 12.4. The van der Waals surface area contributed by atoms with Crippen molar-refractivity contribution in [3.05, 3.63) is 23.8 Å². The van der Waals surface area contributed by atoms with E-state index in [4.69, 9.17) is 4.74 Å². The summed E-state index contributed by atoms with van der Waals surface area (Å²) >= 11 is 0. The highest BCUT2D eigenvalue weighted by Crippen LogP contribution is 2.34. The maximum absolute atomic E-state index is 12.8. The second kappa shape index (κ2) is 10.1. The number of sulfonamides is 1. The van der Waals surface area contributed by atoms with Crippen molar-refractivity contribution < 1.29 is 22.7 Å². The number of anilines is 1. The number of methoxy groups -OCH3 is 1. The van der Waals surface area contributed by atoms with Crippen LogP contribution in [0.4, 0.5) is 5.69 Å². The minimum atomic E-state index is -3.63. The van der Waals surface area contributed by atoms with Crippen LogP contribution < -0.4 is 14.9 Å². The van der Waals surface area contributed by atoms with E-state index in [1.54, 1.807) is 30.2 Å². The molecular formula is C22H33N3O5S. The molecule has 1 saturated carbocycles. The Hall–Kier alpha value is -1.97. The van der Waals surface area contributed by atoms with Crippen molar-refractivity contribution in [2.75, 3.05) is 31.7 Å². The van der Waals surface area contributed by atoms with Crippen molar-refractivity contribution in [3.8, 4) is 0 Å². The zero-order valence-electron chi connectivity index (χ0n) is 18.5. The molecule has 0 radical (unpaired) electrons. The van der Waals surface area contributed by atoms with E-state index in [1.165, 1.54) is 6.92 Å². The number of fused-ring (bicyclic) bond motifs is 1. The molecular weight excluding hydrogens is 418 g/mol. The molecule has 3 rings (SSSR count). The number of benzene rings is 1. The van der Waals surface area contributed by atoms with E-state index >= 15 is 0 Å². The molecule has 1 atom stereocenters. The third-order valence-corrected chi connectivity index (χ3v) is 7.72. The highest BCUT2D eigenvalue weighted by molar-refractivity contribution is 7.89. The summed E-state index contributed by atoms with van der Waals surface area (Å²) in [7, 11) is -2.03. The molecule has 0 bridgehead atoms. The van der Waals surface area contributed by atoms with Gasteiger partial charge in [-0.1, -0.05) is 0 Å². The Labute approximate surface area is 184 Å². The van der Waals surface area contributed by atoms with Crippen LogP contribution in [0, 0.1) is 11.8 Å². The summed E-state index contributed by atoms with van der Waals surface area (Å²) in [6.07, 6.45) is 3.82. The van der Waals surface area contributed by atoms with Crippen molar-refractivity contribution >= 4 is 27.5 Å². The van der Waals surface area contributed by atoms with Crippen molar-refractivity contribution in [2.45, 2.75) is 56.9 Å². The molecule has 0 unspecified atom stereocenters. The predicted octanol–water partition coefficient (Wildman–Crippen LogP) is 1.83. The van der Waals surface area contributed by atoms with Crippen molar-refractivity contribution in [3.63, 3.8) is 0 Å². The number of ether oxygens (including phenoxy) is 1. The Morgan fingerprint density at radius 1 is 1.19 bits per heavy atom. The van der Waals surface area contributed by atoms with Gasteiger partial charge in [0.25, 0.3) is 0 Å². The van der Waals surface area contributed by atoms with Gasteiger partial charge in [-0.3, -0.25) is 9.59 Å². The zero-order valence-corrected chi connectivity index (χ0v) is 19.3. The maximum atomic E-state index is 12.8. The average molecular weight is 452 g/mol. The van der Waals surface area contributed by atoms with Crippen LogP contribution in [-0.2, 0) is 30.8 Å². The summed E-state index contributed by atoms with van der Waals surface area (Å²) in [6, 6.07) is 5.00. The Kier molecular flexibility index (Phi) is 7.72. The van der Waals surface area contributed by atoms with Crippen LogP contribution in [0.2, 0.25) is 0 Å². The number of rotatable bonds is 8. The Morgan fingerprint density at radius 2 is 1.90 bits per heavy atom. The van der Waals surface area contributed by atoms with Crippen LogP contribution in [0.1, 0.15) is 45.1 Å². The number of carbonyl (C=O) groups excluding carboxylic acids is 2. The summed E-state index contributed by atoms with van der Waals surface area (Å²) in [5.41, 5.74) is 1.67. The molecule has 1 aliphatic carbocycles.